The summed E-state index contributed by atoms with van der Waals surface area (Å²) < 4.78 is 16.0. The molecule has 2 aromatic carbocycles. The molecule has 0 saturated heterocycles. The number of benzene rings is 2. The van der Waals surface area contributed by atoms with Crippen LogP contribution in [0.2, 0.25) is 0 Å². The molecule has 0 N–H and O–H groups in total. The maximum absolute atomic E-state index is 13.5. The highest BCUT2D eigenvalue weighted by molar-refractivity contribution is 6.06. The number of hydrogen-bond acceptors (Lipinski definition) is 6. The lowest BCUT2D eigenvalue weighted by Gasteiger charge is -2.22. The standard InChI is InChI=1S/C24H20N2O5/c1-29-20-11-10-16(13-21(20)30-2)15-26(22-9-5-6-12-25-22)23(27)18-14-17-7-3-4-8-19(17)31-24(18)28/h3-14H,15H2,1-2H3. The molecule has 0 atom stereocenters. The number of para-hydroxylation sites is 1. The first-order valence-corrected chi connectivity index (χ1v) is 9.57. The Balaban J connectivity index is 1.77. The molecule has 4 rings (SSSR count). The molecular formula is C24H20N2O5. The number of hydrogen-bond donors (Lipinski definition) is 0. The van der Waals surface area contributed by atoms with Gasteiger partial charge in [-0.15, -0.1) is 0 Å². The highest BCUT2D eigenvalue weighted by Gasteiger charge is 2.23. The molecule has 0 bridgehead atoms. The van der Waals surface area contributed by atoms with Crippen LogP contribution < -0.4 is 20.0 Å². The molecule has 0 saturated carbocycles. The molecule has 2 heterocycles. The Morgan fingerprint density at radius 2 is 1.74 bits per heavy atom. The smallest absolute Gasteiger partial charge is 0.349 e. The number of carbonyl (C=O) groups is 1. The zero-order valence-corrected chi connectivity index (χ0v) is 17.1. The van der Waals surface area contributed by atoms with E-state index in [2.05, 4.69) is 4.98 Å². The number of ether oxygens (including phenoxy) is 2. The van der Waals surface area contributed by atoms with Crippen LogP contribution >= 0.6 is 0 Å². The molecule has 156 valence electrons. The monoisotopic (exact) mass is 416 g/mol. The van der Waals surface area contributed by atoms with Crippen LogP contribution in [0.1, 0.15) is 15.9 Å². The molecular weight excluding hydrogens is 396 g/mol. The Morgan fingerprint density at radius 3 is 2.48 bits per heavy atom. The van der Waals surface area contributed by atoms with E-state index in [0.29, 0.717) is 28.3 Å². The summed E-state index contributed by atoms with van der Waals surface area (Å²) in [7, 11) is 3.10. The number of nitrogens with zero attached hydrogens (tertiary/aromatic N) is 2. The normalized spacial score (nSPS) is 10.6. The quantitative estimate of drug-likeness (QED) is 0.441. The SMILES string of the molecule is COc1ccc(CN(C(=O)c2cc3ccccc3oc2=O)c2ccccn2)cc1OC. The highest BCUT2D eigenvalue weighted by atomic mass is 16.5. The van der Waals surface area contributed by atoms with Crippen LogP contribution in [0.15, 0.2) is 82.1 Å². The van der Waals surface area contributed by atoms with Crippen molar-refractivity contribution < 1.29 is 18.7 Å². The van der Waals surface area contributed by atoms with Gasteiger partial charge >= 0.3 is 5.63 Å². The van der Waals surface area contributed by atoms with Gasteiger partial charge in [-0.1, -0.05) is 30.3 Å². The summed E-state index contributed by atoms with van der Waals surface area (Å²) in [6.07, 6.45) is 1.59. The maximum Gasteiger partial charge on any atom is 0.349 e. The summed E-state index contributed by atoms with van der Waals surface area (Å²) >= 11 is 0. The summed E-state index contributed by atoms with van der Waals surface area (Å²) in [5.41, 5.74) is 0.442. The Bertz CT molecular complexity index is 1280. The Labute approximate surface area is 178 Å². The minimum atomic E-state index is -0.697. The first-order chi connectivity index (χ1) is 15.1. The number of fused-ring (bicyclic) bond motifs is 1. The Morgan fingerprint density at radius 1 is 0.968 bits per heavy atom. The Kier molecular flexibility index (Phi) is 5.66. The van der Waals surface area contributed by atoms with Crippen LogP contribution in [-0.2, 0) is 6.54 Å². The predicted molar refractivity (Wildman–Crippen MR) is 117 cm³/mol. The third-order valence-corrected chi connectivity index (χ3v) is 4.83. The summed E-state index contributed by atoms with van der Waals surface area (Å²) in [6.45, 7) is 0.169. The number of anilines is 1. The number of methoxy groups -OCH3 is 2. The van der Waals surface area contributed by atoms with E-state index in [1.54, 1.807) is 75.0 Å². The van der Waals surface area contributed by atoms with Gasteiger partial charge in [-0.05, 0) is 42.0 Å². The van der Waals surface area contributed by atoms with Crippen molar-refractivity contribution in [2.45, 2.75) is 6.54 Å². The summed E-state index contributed by atoms with van der Waals surface area (Å²) in [5, 5.41) is 0.664. The van der Waals surface area contributed by atoms with E-state index in [0.717, 1.165) is 5.56 Å². The third kappa shape index (κ3) is 4.11. The van der Waals surface area contributed by atoms with Crippen molar-refractivity contribution >= 4 is 22.7 Å². The van der Waals surface area contributed by atoms with E-state index in [9.17, 15) is 9.59 Å². The lowest BCUT2D eigenvalue weighted by Crippen LogP contribution is -2.34. The fourth-order valence-electron chi connectivity index (χ4n) is 3.29. The molecule has 1 amide bonds. The second-order valence-corrected chi connectivity index (χ2v) is 6.75. The number of amides is 1. The lowest BCUT2D eigenvalue weighted by atomic mass is 10.1. The fourth-order valence-corrected chi connectivity index (χ4v) is 3.29. The highest BCUT2D eigenvalue weighted by Crippen LogP contribution is 2.29. The molecule has 0 radical (unpaired) electrons. The first kappa shape index (κ1) is 20.2. The number of carbonyl (C=O) groups excluding carboxylic acids is 1. The van der Waals surface area contributed by atoms with Crippen LogP contribution in [0.4, 0.5) is 5.82 Å². The van der Waals surface area contributed by atoms with E-state index in [-0.39, 0.29) is 12.1 Å². The predicted octanol–water partition coefficient (Wildman–Crippen LogP) is 4.05. The average molecular weight is 416 g/mol. The van der Waals surface area contributed by atoms with Crippen LogP contribution in [0.5, 0.6) is 11.5 Å². The van der Waals surface area contributed by atoms with Crippen molar-refractivity contribution in [3.63, 3.8) is 0 Å². The van der Waals surface area contributed by atoms with Gasteiger partial charge in [0.1, 0.15) is 17.0 Å². The molecule has 0 unspecified atom stereocenters. The molecule has 0 spiro atoms. The van der Waals surface area contributed by atoms with Gasteiger partial charge in [-0.3, -0.25) is 9.69 Å². The zero-order chi connectivity index (χ0) is 21.8. The van der Waals surface area contributed by atoms with Gasteiger partial charge in [0.2, 0.25) is 0 Å². The van der Waals surface area contributed by atoms with Crippen molar-refractivity contribution in [2.75, 3.05) is 19.1 Å². The summed E-state index contributed by atoms with van der Waals surface area (Å²) in [5.74, 6) is 1.03. The van der Waals surface area contributed by atoms with Crippen molar-refractivity contribution in [2.24, 2.45) is 0 Å². The van der Waals surface area contributed by atoms with Crippen molar-refractivity contribution in [1.82, 2.24) is 4.98 Å². The van der Waals surface area contributed by atoms with E-state index >= 15 is 0 Å². The molecule has 2 aromatic heterocycles. The van der Waals surface area contributed by atoms with Gasteiger partial charge in [-0.25, -0.2) is 9.78 Å². The van der Waals surface area contributed by atoms with Crippen LogP contribution in [-0.4, -0.2) is 25.1 Å². The second kappa shape index (κ2) is 8.71. The number of aromatic nitrogens is 1. The summed E-state index contributed by atoms with van der Waals surface area (Å²) in [4.78, 5) is 31.8. The number of rotatable bonds is 6. The largest absolute Gasteiger partial charge is 0.493 e. The molecule has 0 aliphatic rings. The first-order valence-electron chi connectivity index (χ1n) is 9.57. The zero-order valence-electron chi connectivity index (χ0n) is 17.1. The van der Waals surface area contributed by atoms with Gasteiger partial charge < -0.3 is 13.9 Å². The minimum Gasteiger partial charge on any atom is -0.493 e. The van der Waals surface area contributed by atoms with Gasteiger partial charge in [0, 0.05) is 11.6 Å². The van der Waals surface area contributed by atoms with Crippen LogP contribution in [0.3, 0.4) is 0 Å². The van der Waals surface area contributed by atoms with Gasteiger partial charge in [0.15, 0.2) is 11.5 Å². The third-order valence-electron chi connectivity index (χ3n) is 4.83. The second-order valence-electron chi connectivity index (χ2n) is 6.75. The van der Waals surface area contributed by atoms with Crippen molar-refractivity contribution in [1.29, 1.82) is 0 Å². The van der Waals surface area contributed by atoms with Gasteiger partial charge in [0.05, 0.1) is 20.8 Å². The molecule has 0 aliphatic heterocycles. The van der Waals surface area contributed by atoms with E-state index in [1.165, 1.54) is 4.90 Å². The van der Waals surface area contributed by atoms with E-state index in [1.807, 2.05) is 12.1 Å². The van der Waals surface area contributed by atoms with E-state index < -0.39 is 11.5 Å². The topological polar surface area (TPSA) is 81.9 Å². The van der Waals surface area contributed by atoms with Crippen LogP contribution in [0, 0.1) is 0 Å². The van der Waals surface area contributed by atoms with Crippen molar-refractivity contribution in [3.05, 3.63) is 94.5 Å². The minimum absolute atomic E-state index is 0.0650. The maximum atomic E-state index is 13.5. The Hall–Kier alpha value is -4.13. The van der Waals surface area contributed by atoms with E-state index in [4.69, 9.17) is 13.9 Å². The molecule has 7 heteroatoms. The van der Waals surface area contributed by atoms with Gasteiger partial charge in [0.25, 0.3) is 5.91 Å². The average Bonchev–Trinajstić information content (AvgIpc) is 2.82. The lowest BCUT2D eigenvalue weighted by molar-refractivity contribution is 0.0981. The molecule has 7 nitrogen and oxygen atoms in total. The molecule has 0 aliphatic carbocycles. The molecule has 31 heavy (non-hydrogen) atoms. The number of pyridine rings is 1. The molecule has 0 fully saturated rings. The summed E-state index contributed by atoms with van der Waals surface area (Å²) in [6, 6.07) is 19.2. The van der Waals surface area contributed by atoms with Crippen LogP contribution in [0.25, 0.3) is 11.0 Å². The van der Waals surface area contributed by atoms with Gasteiger partial charge in [-0.2, -0.15) is 0 Å². The molecule has 4 aromatic rings. The fraction of sp³-hybridized carbons (Fsp3) is 0.125. The van der Waals surface area contributed by atoms with Crippen molar-refractivity contribution in [3.8, 4) is 11.5 Å².